The van der Waals surface area contributed by atoms with Crippen LogP contribution in [-0.2, 0) is 17.8 Å². The molecule has 0 spiro atoms. The maximum absolute atomic E-state index is 6.02. The summed E-state index contributed by atoms with van der Waals surface area (Å²) in [4.78, 5) is 1.35. The normalized spacial score (nSPS) is 17.2. The predicted octanol–water partition coefficient (Wildman–Crippen LogP) is 5.54. The Hall–Kier alpha value is -0.300. The van der Waals surface area contributed by atoms with Crippen molar-refractivity contribution in [1.29, 1.82) is 0 Å². The molecule has 0 aromatic carbocycles. The summed E-state index contributed by atoms with van der Waals surface area (Å²) in [6.07, 6.45) is 0.950. The highest BCUT2D eigenvalue weighted by Crippen LogP contribution is 2.45. The Kier molecular flexibility index (Phi) is 4.98. The van der Waals surface area contributed by atoms with Crippen LogP contribution in [0.1, 0.15) is 52.0 Å². The van der Waals surface area contributed by atoms with Gasteiger partial charge in [0.25, 0.3) is 0 Å². The molecule has 0 unspecified atom stereocenters. The second-order valence-corrected chi connectivity index (χ2v) is 11.3. The smallest absolute Gasteiger partial charge is 0.137 e. The van der Waals surface area contributed by atoms with Crippen LogP contribution in [0.5, 0.6) is 0 Å². The van der Waals surface area contributed by atoms with Gasteiger partial charge in [-0.15, -0.1) is 45.1 Å². The van der Waals surface area contributed by atoms with E-state index >= 15 is 0 Å². The minimum absolute atomic E-state index is 0.102. The fraction of sp³-hybridized carbons (Fsp3) is 0.647. The molecular formula is C17H24N2OS3. The summed E-state index contributed by atoms with van der Waals surface area (Å²) in [6, 6.07) is 0. The topological polar surface area (TPSA) is 35.0 Å². The monoisotopic (exact) mass is 368 g/mol. The zero-order valence-corrected chi connectivity index (χ0v) is 17.0. The third-order valence-electron chi connectivity index (χ3n) is 3.62. The minimum atomic E-state index is -0.102. The van der Waals surface area contributed by atoms with E-state index in [1.165, 1.54) is 20.5 Å². The Labute approximate surface area is 151 Å². The average Bonchev–Trinajstić information content (AvgIpc) is 2.78. The van der Waals surface area contributed by atoms with Crippen molar-refractivity contribution >= 4 is 44.9 Å². The highest BCUT2D eigenvalue weighted by Gasteiger charge is 2.31. The molecule has 1 aliphatic heterocycles. The van der Waals surface area contributed by atoms with Gasteiger partial charge < -0.3 is 4.74 Å². The van der Waals surface area contributed by atoms with Crippen molar-refractivity contribution in [3.63, 3.8) is 0 Å². The Morgan fingerprint density at radius 3 is 2.30 bits per heavy atom. The van der Waals surface area contributed by atoms with Crippen LogP contribution in [-0.4, -0.2) is 26.3 Å². The number of rotatable bonds is 4. The Morgan fingerprint density at radius 1 is 1.04 bits per heavy atom. The van der Waals surface area contributed by atoms with E-state index in [0.29, 0.717) is 17.1 Å². The first kappa shape index (κ1) is 17.5. The van der Waals surface area contributed by atoms with E-state index in [1.807, 2.05) is 23.1 Å². The van der Waals surface area contributed by atoms with Crippen molar-refractivity contribution in [3.8, 4) is 0 Å². The lowest BCUT2D eigenvalue weighted by Crippen LogP contribution is -2.31. The van der Waals surface area contributed by atoms with Gasteiger partial charge in [0.05, 0.1) is 16.9 Å². The van der Waals surface area contributed by atoms with Crippen molar-refractivity contribution in [3.05, 3.63) is 10.4 Å². The lowest BCUT2D eigenvalue weighted by atomic mass is 9.94. The molecule has 0 saturated carbocycles. The molecule has 0 bridgehead atoms. The van der Waals surface area contributed by atoms with Gasteiger partial charge in [0.1, 0.15) is 10.1 Å². The van der Waals surface area contributed by atoms with Crippen LogP contribution in [0.3, 0.4) is 0 Å². The summed E-state index contributed by atoms with van der Waals surface area (Å²) in [6.45, 7) is 13.9. The number of ether oxygens (including phenoxy) is 1. The fourth-order valence-electron chi connectivity index (χ4n) is 2.72. The number of aromatic nitrogens is 2. The zero-order chi connectivity index (χ0) is 16.8. The van der Waals surface area contributed by atoms with E-state index in [2.05, 4.69) is 51.7 Å². The Morgan fingerprint density at radius 2 is 1.65 bits per heavy atom. The molecule has 0 atom stereocenters. The van der Waals surface area contributed by atoms with Gasteiger partial charge in [-0.05, 0) is 19.4 Å². The molecule has 3 heterocycles. The maximum Gasteiger partial charge on any atom is 0.137 e. The molecule has 23 heavy (non-hydrogen) atoms. The second kappa shape index (κ2) is 6.54. The molecular weight excluding hydrogens is 344 g/mol. The Balaban J connectivity index is 2.19. The van der Waals surface area contributed by atoms with Gasteiger partial charge in [0.2, 0.25) is 0 Å². The summed E-state index contributed by atoms with van der Waals surface area (Å²) in [5.74, 6) is 0. The molecule has 6 heteroatoms. The van der Waals surface area contributed by atoms with Gasteiger partial charge in [0, 0.05) is 27.2 Å². The molecule has 3 rings (SSSR count). The molecule has 1 aliphatic rings. The van der Waals surface area contributed by atoms with E-state index in [4.69, 9.17) is 4.74 Å². The second-order valence-electron chi connectivity index (χ2n) is 7.08. The standard InChI is InChI=1S/C17H24N2OS3/c1-9(2)21-15-13-11-7-17(5,6)20-8-12(11)23-14(13)16(19-18-15)22-10(3)4/h9-10H,7-8H2,1-6H3. The Bertz CT molecular complexity index is 722. The number of hydrogen-bond acceptors (Lipinski definition) is 6. The number of thioether (sulfide) groups is 2. The summed E-state index contributed by atoms with van der Waals surface area (Å²) < 4.78 is 7.32. The number of nitrogens with zero attached hydrogens (tertiary/aromatic N) is 2. The zero-order valence-electron chi connectivity index (χ0n) is 14.6. The quantitative estimate of drug-likeness (QED) is 0.662. The van der Waals surface area contributed by atoms with Gasteiger partial charge in [-0.2, -0.15) is 0 Å². The molecule has 0 radical (unpaired) electrons. The average molecular weight is 369 g/mol. The number of fused-ring (bicyclic) bond motifs is 3. The lowest BCUT2D eigenvalue weighted by Gasteiger charge is -2.30. The van der Waals surface area contributed by atoms with Crippen LogP contribution >= 0.6 is 34.9 Å². The van der Waals surface area contributed by atoms with Crippen LogP contribution in [0.2, 0.25) is 0 Å². The van der Waals surface area contributed by atoms with Crippen molar-refractivity contribution in [1.82, 2.24) is 10.2 Å². The van der Waals surface area contributed by atoms with Gasteiger partial charge in [0.15, 0.2) is 0 Å². The van der Waals surface area contributed by atoms with Crippen molar-refractivity contribution in [2.24, 2.45) is 0 Å². The van der Waals surface area contributed by atoms with Gasteiger partial charge >= 0.3 is 0 Å². The lowest BCUT2D eigenvalue weighted by molar-refractivity contribution is -0.0379. The van der Waals surface area contributed by atoms with Crippen LogP contribution < -0.4 is 0 Å². The highest BCUT2D eigenvalue weighted by molar-refractivity contribution is 8.00. The SMILES string of the molecule is CC(C)Sc1nnc(SC(C)C)c2c3c(sc12)COC(C)(C)C3. The van der Waals surface area contributed by atoms with E-state index in [1.54, 1.807) is 11.8 Å². The van der Waals surface area contributed by atoms with E-state index < -0.39 is 0 Å². The first-order valence-electron chi connectivity index (χ1n) is 8.05. The van der Waals surface area contributed by atoms with Crippen LogP contribution in [0.25, 0.3) is 10.1 Å². The van der Waals surface area contributed by atoms with E-state index in [-0.39, 0.29) is 5.60 Å². The molecule has 2 aromatic rings. The molecule has 0 amide bonds. The van der Waals surface area contributed by atoms with Crippen LogP contribution in [0.4, 0.5) is 0 Å². The summed E-state index contributed by atoms with van der Waals surface area (Å²) >= 11 is 5.47. The predicted molar refractivity (Wildman–Crippen MR) is 102 cm³/mol. The highest BCUT2D eigenvalue weighted by atomic mass is 32.2. The van der Waals surface area contributed by atoms with Crippen LogP contribution in [0, 0.1) is 0 Å². The fourth-order valence-corrected chi connectivity index (χ4v) is 5.79. The molecule has 126 valence electrons. The summed E-state index contributed by atoms with van der Waals surface area (Å²) in [5.41, 5.74) is 1.33. The number of hydrogen-bond donors (Lipinski definition) is 0. The first-order valence-corrected chi connectivity index (χ1v) is 10.6. The van der Waals surface area contributed by atoms with Gasteiger partial charge in [-0.25, -0.2) is 0 Å². The molecule has 2 aromatic heterocycles. The molecule has 3 nitrogen and oxygen atoms in total. The summed E-state index contributed by atoms with van der Waals surface area (Å²) in [5, 5.41) is 13.6. The molecule has 0 N–H and O–H groups in total. The van der Waals surface area contributed by atoms with E-state index in [9.17, 15) is 0 Å². The maximum atomic E-state index is 6.02. The first-order chi connectivity index (χ1) is 10.8. The van der Waals surface area contributed by atoms with Gasteiger partial charge in [-0.3, -0.25) is 0 Å². The van der Waals surface area contributed by atoms with Gasteiger partial charge in [-0.1, -0.05) is 27.7 Å². The summed E-state index contributed by atoms with van der Waals surface area (Å²) in [7, 11) is 0. The van der Waals surface area contributed by atoms with E-state index in [0.717, 1.165) is 16.5 Å². The molecule has 0 saturated heterocycles. The third-order valence-corrected chi connectivity index (χ3v) is 6.92. The van der Waals surface area contributed by atoms with Crippen molar-refractivity contribution < 1.29 is 4.74 Å². The van der Waals surface area contributed by atoms with Crippen molar-refractivity contribution in [2.45, 2.75) is 80.7 Å². The van der Waals surface area contributed by atoms with Crippen molar-refractivity contribution in [2.75, 3.05) is 0 Å². The largest absolute Gasteiger partial charge is 0.370 e. The molecule has 0 aliphatic carbocycles. The minimum Gasteiger partial charge on any atom is -0.370 e. The van der Waals surface area contributed by atoms with Crippen LogP contribution in [0.15, 0.2) is 10.1 Å². The molecule has 0 fully saturated rings. The number of thiophene rings is 1. The third kappa shape index (κ3) is 3.70.